The van der Waals surface area contributed by atoms with Crippen LogP contribution in [0.3, 0.4) is 0 Å². The predicted octanol–water partition coefficient (Wildman–Crippen LogP) is 3.92. The highest BCUT2D eigenvalue weighted by molar-refractivity contribution is 7.13. The van der Waals surface area contributed by atoms with E-state index in [2.05, 4.69) is 22.4 Å². The summed E-state index contributed by atoms with van der Waals surface area (Å²) in [5.74, 6) is 1.50. The molecule has 120 valence electrons. The molecule has 0 aliphatic carbocycles. The Bertz CT molecular complexity index is 723. The Morgan fingerprint density at radius 3 is 2.74 bits per heavy atom. The van der Waals surface area contributed by atoms with Crippen LogP contribution in [-0.4, -0.2) is 16.7 Å². The third-order valence-corrected chi connectivity index (χ3v) is 4.62. The summed E-state index contributed by atoms with van der Waals surface area (Å²) in [6.07, 6.45) is 0.665. The third kappa shape index (κ3) is 3.88. The van der Waals surface area contributed by atoms with E-state index in [0.29, 0.717) is 18.9 Å². The van der Waals surface area contributed by atoms with Gasteiger partial charge in [0.2, 0.25) is 5.89 Å². The van der Waals surface area contributed by atoms with Crippen LogP contribution in [0, 0.1) is 6.92 Å². The molecule has 2 N–H and O–H groups in total. The van der Waals surface area contributed by atoms with Gasteiger partial charge in [-0.1, -0.05) is 36.4 Å². The molecule has 1 aromatic carbocycles. The molecule has 0 saturated heterocycles. The maximum atomic E-state index is 9.31. The highest BCUT2D eigenvalue weighted by Crippen LogP contribution is 2.26. The molecule has 0 radical (unpaired) electrons. The number of hydrogen-bond donors (Lipinski definition) is 2. The molecular formula is C18H20N2O2S. The number of aromatic nitrogens is 1. The number of aliphatic hydroxyl groups is 1. The number of rotatable bonds is 7. The largest absolute Gasteiger partial charge is 0.440 e. The van der Waals surface area contributed by atoms with E-state index < -0.39 is 0 Å². The van der Waals surface area contributed by atoms with Gasteiger partial charge >= 0.3 is 0 Å². The van der Waals surface area contributed by atoms with Gasteiger partial charge in [-0.2, -0.15) is 0 Å². The lowest BCUT2D eigenvalue weighted by molar-refractivity contribution is 0.265. The van der Waals surface area contributed by atoms with Gasteiger partial charge in [-0.15, -0.1) is 11.3 Å². The van der Waals surface area contributed by atoms with Gasteiger partial charge in [0, 0.05) is 19.2 Å². The van der Waals surface area contributed by atoms with Gasteiger partial charge in [-0.25, -0.2) is 4.98 Å². The van der Waals surface area contributed by atoms with Gasteiger partial charge < -0.3 is 14.8 Å². The molecule has 23 heavy (non-hydrogen) atoms. The summed E-state index contributed by atoms with van der Waals surface area (Å²) in [7, 11) is 0. The van der Waals surface area contributed by atoms with Crippen LogP contribution in [0.1, 0.15) is 29.5 Å². The molecular weight excluding hydrogens is 308 g/mol. The van der Waals surface area contributed by atoms with E-state index in [1.807, 2.05) is 42.6 Å². The van der Waals surface area contributed by atoms with Crippen molar-refractivity contribution in [3.05, 3.63) is 64.9 Å². The van der Waals surface area contributed by atoms with Crippen LogP contribution in [0.5, 0.6) is 0 Å². The number of oxazole rings is 1. The highest BCUT2D eigenvalue weighted by Gasteiger charge is 2.15. The average Bonchev–Trinajstić information content (AvgIpc) is 3.22. The Morgan fingerprint density at radius 2 is 2.04 bits per heavy atom. The Morgan fingerprint density at radius 1 is 1.22 bits per heavy atom. The van der Waals surface area contributed by atoms with Crippen molar-refractivity contribution in [3.8, 4) is 10.8 Å². The summed E-state index contributed by atoms with van der Waals surface area (Å²) < 4.78 is 5.77. The Hall–Kier alpha value is -1.95. The second kappa shape index (κ2) is 7.55. The standard InChI is InChI=1S/C18H20N2O2S/c1-13-16(20-18(22-13)17-8-5-11-23-17)12-19-15(9-10-21)14-6-3-2-4-7-14/h2-8,11,15,19,21H,9-10,12H2,1H3. The molecule has 0 aliphatic rings. The van der Waals surface area contributed by atoms with Gasteiger partial charge in [0.25, 0.3) is 0 Å². The summed E-state index contributed by atoms with van der Waals surface area (Å²) in [4.78, 5) is 5.63. The zero-order valence-corrected chi connectivity index (χ0v) is 13.8. The smallest absolute Gasteiger partial charge is 0.236 e. The number of nitrogens with one attached hydrogen (secondary N) is 1. The SMILES string of the molecule is Cc1oc(-c2cccs2)nc1CNC(CCO)c1ccccc1. The van der Waals surface area contributed by atoms with Crippen molar-refractivity contribution in [2.24, 2.45) is 0 Å². The van der Waals surface area contributed by atoms with Gasteiger partial charge in [-0.05, 0) is 30.4 Å². The van der Waals surface area contributed by atoms with Gasteiger partial charge in [0.05, 0.1) is 10.6 Å². The second-order valence-electron chi connectivity index (χ2n) is 5.36. The Labute approximate surface area is 139 Å². The van der Waals surface area contributed by atoms with E-state index in [1.165, 1.54) is 5.56 Å². The van der Waals surface area contributed by atoms with Crippen molar-refractivity contribution in [3.63, 3.8) is 0 Å². The fraction of sp³-hybridized carbons (Fsp3) is 0.278. The van der Waals surface area contributed by atoms with Gasteiger partial charge in [-0.3, -0.25) is 0 Å². The van der Waals surface area contributed by atoms with E-state index in [0.717, 1.165) is 16.3 Å². The minimum Gasteiger partial charge on any atom is -0.440 e. The first kappa shape index (κ1) is 15.9. The summed E-state index contributed by atoms with van der Waals surface area (Å²) in [5, 5.41) is 14.8. The second-order valence-corrected chi connectivity index (χ2v) is 6.30. The lowest BCUT2D eigenvalue weighted by Crippen LogP contribution is -2.22. The molecule has 1 unspecified atom stereocenters. The number of benzene rings is 1. The number of nitrogens with zero attached hydrogens (tertiary/aromatic N) is 1. The molecule has 2 heterocycles. The number of hydrogen-bond acceptors (Lipinski definition) is 5. The topological polar surface area (TPSA) is 58.3 Å². The van der Waals surface area contributed by atoms with E-state index in [1.54, 1.807) is 11.3 Å². The molecule has 0 saturated carbocycles. The maximum Gasteiger partial charge on any atom is 0.236 e. The zero-order chi connectivity index (χ0) is 16.1. The van der Waals surface area contributed by atoms with Crippen LogP contribution in [-0.2, 0) is 6.54 Å². The number of thiophene rings is 1. The van der Waals surface area contributed by atoms with Crippen molar-refractivity contribution >= 4 is 11.3 Å². The first-order chi connectivity index (χ1) is 11.3. The number of aliphatic hydroxyl groups excluding tert-OH is 1. The first-order valence-electron chi connectivity index (χ1n) is 7.67. The molecule has 0 aliphatic heterocycles. The minimum absolute atomic E-state index is 0.0995. The number of aryl methyl sites for hydroxylation is 1. The molecule has 5 heteroatoms. The van der Waals surface area contributed by atoms with Crippen molar-refractivity contribution in [2.45, 2.75) is 25.9 Å². The Kier molecular flexibility index (Phi) is 5.23. The summed E-state index contributed by atoms with van der Waals surface area (Å²) >= 11 is 1.62. The molecule has 0 bridgehead atoms. The van der Waals surface area contributed by atoms with Crippen LogP contribution in [0.15, 0.2) is 52.3 Å². The molecule has 0 fully saturated rings. The quantitative estimate of drug-likeness (QED) is 0.690. The summed E-state index contributed by atoms with van der Waals surface area (Å²) in [6.45, 7) is 2.69. The molecule has 4 nitrogen and oxygen atoms in total. The normalized spacial score (nSPS) is 12.4. The van der Waals surface area contributed by atoms with Crippen LogP contribution in [0.25, 0.3) is 10.8 Å². The highest BCUT2D eigenvalue weighted by atomic mass is 32.1. The lowest BCUT2D eigenvalue weighted by atomic mass is 10.0. The van der Waals surface area contributed by atoms with E-state index in [-0.39, 0.29) is 12.6 Å². The molecule has 0 spiro atoms. The van der Waals surface area contributed by atoms with Crippen LogP contribution in [0.4, 0.5) is 0 Å². The fourth-order valence-corrected chi connectivity index (χ4v) is 3.17. The lowest BCUT2D eigenvalue weighted by Gasteiger charge is -2.17. The minimum atomic E-state index is 0.0995. The molecule has 2 aromatic heterocycles. The maximum absolute atomic E-state index is 9.31. The third-order valence-electron chi connectivity index (χ3n) is 3.76. The van der Waals surface area contributed by atoms with Crippen molar-refractivity contribution in [1.82, 2.24) is 10.3 Å². The van der Waals surface area contributed by atoms with Crippen LogP contribution in [0.2, 0.25) is 0 Å². The van der Waals surface area contributed by atoms with Gasteiger partial charge in [0.1, 0.15) is 5.76 Å². The molecule has 1 atom stereocenters. The van der Waals surface area contributed by atoms with E-state index in [9.17, 15) is 5.11 Å². The van der Waals surface area contributed by atoms with Gasteiger partial charge in [0.15, 0.2) is 0 Å². The fourth-order valence-electron chi connectivity index (χ4n) is 2.52. The van der Waals surface area contributed by atoms with Crippen LogP contribution < -0.4 is 5.32 Å². The Balaban J connectivity index is 1.71. The monoisotopic (exact) mass is 328 g/mol. The summed E-state index contributed by atoms with van der Waals surface area (Å²) in [6, 6.07) is 14.3. The van der Waals surface area contributed by atoms with Crippen molar-refractivity contribution in [2.75, 3.05) is 6.61 Å². The van der Waals surface area contributed by atoms with E-state index >= 15 is 0 Å². The molecule has 3 aromatic rings. The first-order valence-corrected chi connectivity index (χ1v) is 8.55. The molecule has 3 rings (SSSR count). The zero-order valence-electron chi connectivity index (χ0n) is 13.0. The summed E-state index contributed by atoms with van der Waals surface area (Å²) in [5.41, 5.74) is 2.08. The molecule has 0 amide bonds. The van der Waals surface area contributed by atoms with E-state index in [4.69, 9.17) is 4.42 Å². The van der Waals surface area contributed by atoms with Crippen molar-refractivity contribution < 1.29 is 9.52 Å². The van der Waals surface area contributed by atoms with Crippen LogP contribution >= 0.6 is 11.3 Å². The van der Waals surface area contributed by atoms with Crippen molar-refractivity contribution in [1.29, 1.82) is 0 Å². The average molecular weight is 328 g/mol. The predicted molar refractivity (Wildman–Crippen MR) is 92.3 cm³/mol.